The van der Waals surface area contributed by atoms with Gasteiger partial charge in [0.15, 0.2) is 0 Å². The van der Waals surface area contributed by atoms with Gasteiger partial charge in [-0.1, -0.05) is 12.1 Å². The third-order valence-electron chi connectivity index (χ3n) is 3.09. The molecule has 0 radical (unpaired) electrons. The van der Waals surface area contributed by atoms with E-state index in [1.165, 1.54) is 4.31 Å². The molecule has 1 aromatic carbocycles. The molecule has 1 rings (SSSR count). The van der Waals surface area contributed by atoms with Gasteiger partial charge in [0.05, 0.1) is 17.6 Å². The number of alkyl halides is 1. The number of sulfonamides is 1. The second-order valence-electron chi connectivity index (χ2n) is 4.92. The topological polar surface area (TPSA) is 46.6 Å². The van der Waals surface area contributed by atoms with Gasteiger partial charge in [-0.05, 0) is 38.0 Å². The summed E-state index contributed by atoms with van der Waals surface area (Å²) in [5.41, 5.74) is 1.54. The lowest BCUT2D eigenvalue weighted by atomic mass is 10.1. The van der Waals surface area contributed by atoms with Gasteiger partial charge in [0.2, 0.25) is 10.0 Å². The van der Waals surface area contributed by atoms with Gasteiger partial charge in [0, 0.05) is 19.5 Å². The molecular formula is C14H22ClNO3S. The van der Waals surface area contributed by atoms with E-state index >= 15 is 0 Å². The molecule has 0 atom stereocenters. The minimum atomic E-state index is -3.51. The van der Waals surface area contributed by atoms with Crippen LogP contribution in [0.1, 0.15) is 25.0 Å². The van der Waals surface area contributed by atoms with E-state index in [9.17, 15) is 8.42 Å². The van der Waals surface area contributed by atoms with Crippen LogP contribution in [-0.4, -0.2) is 39.0 Å². The van der Waals surface area contributed by atoms with Gasteiger partial charge >= 0.3 is 0 Å². The van der Waals surface area contributed by atoms with Crippen LogP contribution < -0.4 is 0 Å². The molecule has 0 saturated heterocycles. The largest absolute Gasteiger partial charge is 0.377 e. The van der Waals surface area contributed by atoms with Crippen molar-refractivity contribution in [2.75, 3.05) is 20.2 Å². The molecule has 0 unspecified atom stereocenters. The van der Waals surface area contributed by atoms with E-state index in [1.807, 2.05) is 19.9 Å². The molecule has 114 valence electrons. The van der Waals surface area contributed by atoms with Gasteiger partial charge in [-0.2, -0.15) is 4.31 Å². The summed E-state index contributed by atoms with van der Waals surface area (Å²) >= 11 is 5.82. The molecule has 20 heavy (non-hydrogen) atoms. The predicted molar refractivity (Wildman–Crippen MR) is 81.6 cm³/mol. The second kappa shape index (κ2) is 7.41. The number of halogens is 1. The SMILES string of the molecule is Cc1c(CCl)cccc1S(=O)(=O)N(C)CCOC(C)C. The Labute approximate surface area is 126 Å². The Balaban J connectivity index is 2.93. The van der Waals surface area contributed by atoms with E-state index in [0.717, 1.165) is 5.56 Å². The first-order chi connectivity index (χ1) is 9.30. The standard InChI is InChI=1S/C14H22ClNO3S/c1-11(2)19-9-8-16(4)20(17,18)14-7-5-6-13(10-15)12(14)3/h5-7,11H,8-10H2,1-4H3. The van der Waals surface area contributed by atoms with Crippen LogP contribution in [0.15, 0.2) is 23.1 Å². The highest BCUT2D eigenvalue weighted by atomic mass is 35.5. The highest BCUT2D eigenvalue weighted by Crippen LogP contribution is 2.22. The van der Waals surface area contributed by atoms with Gasteiger partial charge in [0.1, 0.15) is 0 Å². The quantitative estimate of drug-likeness (QED) is 0.726. The molecular weight excluding hydrogens is 298 g/mol. The number of likely N-dealkylation sites (N-methyl/N-ethyl adjacent to an activating group) is 1. The van der Waals surface area contributed by atoms with Crippen molar-refractivity contribution < 1.29 is 13.2 Å². The lowest BCUT2D eigenvalue weighted by Crippen LogP contribution is -2.31. The predicted octanol–water partition coefficient (Wildman–Crippen LogP) is 2.78. The average molecular weight is 320 g/mol. The fourth-order valence-corrected chi connectivity index (χ4v) is 3.50. The highest BCUT2D eigenvalue weighted by molar-refractivity contribution is 7.89. The first-order valence-corrected chi connectivity index (χ1v) is 8.50. The minimum absolute atomic E-state index is 0.0902. The zero-order valence-electron chi connectivity index (χ0n) is 12.4. The third kappa shape index (κ3) is 4.19. The maximum Gasteiger partial charge on any atom is 0.243 e. The number of nitrogens with zero attached hydrogens (tertiary/aromatic N) is 1. The number of rotatable bonds is 7. The maximum atomic E-state index is 12.5. The normalized spacial score (nSPS) is 12.3. The van der Waals surface area contributed by atoms with Gasteiger partial charge in [0.25, 0.3) is 0 Å². The summed E-state index contributed by atoms with van der Waals surface area (Å²) in [6.45, 7) is 6.32. The molecule has 0 aliphatic carbocycles. The van der Waals surface area contributed by atoms with E-state index in [-0.39, 0.29) is 6.10 Å². The fourth-order valence-electron chi connectivity index (χ4n) is 1.79. The van der Waals surface area contributed by atoms with E-state index in [4.69, 9.17) is 16.3 Å². The molecule has 0 amide bonds. The molecule has 0 aliphatic heterocycles. The van der Waals surface area contributed by atoms with Crippen LogP contribution in [-0.2, 0) is 20.6 Å². The lowest BCUT2D eigenvalue weighted by molar-refractivity contribution is 0.0737. The number of benzene rings is 1. The Morgan fingerprint density at radius 2 is 2.00 bits per heavy atom. The highest BCUT2D eigenvalue weighted by Gasteiger charge is 2.23. The smallest absolute Gasteiger partial charge is 0.243 e. The zero-order chi connectivity index (χ0) is 15.3. The van der Waals surface area contributed by atoms with E-state index in [0.29, 0.717) is 29.5 Å². The van der Waals surface area contributed by atoms with Crippen LogP contribution in [0.5, 0.6) is 0 Å². The zero-order valence-corrected chi connectivity index (χ0v) is 14.0. The van der Waals surface area contributed by atoms with Crippen molar-refractivity contribution in [3.8, 4) is 0 Å². The number of ether oxygens (including phenoxy) is 1. The van der Waals surface area contributed by atoms with Crippen LogP contribution in [0, 0.1) is 6.92 Å². The Morgan fingerprint density at radius 1 is 1.35 bits per heavy atom. The van der Waals surface area contributed by atoms with E-state index < -0.39 is 10.0 Å². The summed E-state index contributed by atoms with van der Waals surface area (Å²) in [4.78, 5) is 0.308. The Bertz CT molecular complexity index is 543. The maximum absolute atomic E-state index is 12.5. The third-order valence-corrected chi connectivity index (χ3v) is 5.38. The second-order valence-corrected chi connectivity index (χ2v) is 7.20. The van der Waals surface area contributed by atoms with E-state index in [2.05, 4.69) is 0 Å². The average Bonchev–Trinajstić information content (AvgIpc) is 2.38. The lowest BCUT2D eigenvalue weighted by Gasteiger charge is -2.20. The molecule has 0 fully saturated rings. The number of hydrogen-bond donors (Lipinski definition) is 0. The van der Waals surface area contributed by atoms with Crippen LogP contribution in [0.2, 0.25) is 0 Å². The monoisotopic (exact) mass is 319 g/mol. The van der Waals surface area contributed by atoms with Crippen molar-refractivity contribution in [2.24, 2.45) is 0 Å². The molecule has 0 aromatic heterocycles. The van der Waals surface area contributed by atoms with Crippen LogP contribution >= 0.6 is 11.6 Å². The van der Waals surface area contributed by atoms with Crippen LogP contribution in [0.4, 0.5) is 0 Å². The summed E-state index contributed by atoms with van der Waals surface area (Å²) in [5.74, 6) is 0.301. The summed E-state index contributed by atoms with van der Waals surface area (Å²) in [6.07, 6.45) is 0.0902. The fraction of sp³-hybridized carbons (Fsp3) is 0.571. The summed E-state index contributed by atoms with van der Waals surface area (Å²) < 4.78 is 31.8. The molecule has 0 spiro atoms. The minimum Gasteiger partial charge on any atom is -0.377 e. The Morgan fingerprint density at radius 3 is 2.55 bits per heavy atom. The van der Waals surface area contributed by atoms with Gasteiger partial charge in [-0.15, -0.1) is 11.6 Å². The van der Waals surface area contributed by atoms with Crippen molar-refractivity contribution in [3.63, 3.8) is 0 Å². The van der Waals surface area contributed by atoms with Gasteiger partial charge in [-0.3, -0.25) is 0 Å². The van der Waals surface area contributed by atoms with Crippen molar-refractivity contribution in [2.45, 2.75) is 37.7 Å². The molecule has 0 aliphatic rings. The van der Waals surface area contributed by atoms with Crippen molar-refractivity contribution in [3.05, 3.63) is 29.3 Å². The van der Waals surface area contributed by atoms with Crippen molar-refractivity contribution in [1.29, 1.82) is 0 Å². The summed E-state index contributed by atoms with van der Waals surface area (Å²) in [5, 5.41) is 0. The Kier molecular flexibility index (Phi) is 6.45. The molecule has 1 aromatic rings. The molecule has 6 heteroatoms. The molecule has 0 bridgehead atoms. The molecule has 0 saturated carbocycles. The number of hydrogen-bond acceptors (Lipinski definition) is 3. The molecule has 4 nitrogen and oxygen atoms in total. The van der Waals surface area contributed by atoms with Crippen molar-refractivity contribution in [1.82, 2.24) is 4.31 Å². The van der Waals surface area contributed by atoms with Gasteiger partial charge < -0.3 is 4.74 Å². The molecule has 0 N–H and O–H groups in total. The van der Waals surface area contributed by atoms with E-state index in [1.54, 1.807) is 26.1 Å². The van der Waals surface area contributed by atoms with Crippen LogP contribution in [0.3, 0.4) is 0 Å². The summed E-state index contributed by atoms with van der Waals surface area (Å²) in [6, 6.07) is 5.17. The first kappa shape index (κ1) is 17.4. The first-order valence-electron chi connectivity index (χ1n) is 6.53. The van der Waals surface area contributed by atoms with Crippen LogP contribution in [0.25, 0.3) is 0 Å². The van der Waals surface area contributed by atoms with Gasteiger partial charge in [-0.25, -0.2) is 8.42 Å². The Hall–Kier alpha value is -0.620. The molecule has 0 heterocycles. The van der Waals surface area contributed by atoms with Crippen molar-refractivity contribution >= 4 is 21.6 Å². The summed E-state index contributed by atoms with van der Waals surface area (Å²) in [7, 11) is -1.94.